The molecule has 3 heteroatoms. The largest absolute Gasteiger partial charge is 0.398 e. The SMILES string of the molecule is Nc1cc(Br)ccc1C1CCCS1. The standard InChI is InChI=1S/C10H12BrNS/c11-7-3-4-8(9(12)6-7)10-2-1-5-13-10/h3-4,6,10H,1-2,5,12H2. The molecule has 1 atom stereocenters. The average Bonchev–Trinajstić information content (AvgIpc) is 2.56. The molecule has 1 aliphatic heterocycles. The Bertz CT molecular complexity index is 308. The number of hydrogen-bond acceptors (Lipinski definition) is 2. The van der Waals surface area contributed by atoms with Crippen LogP contribution < -0.4 is 5.73 Å². The summed E-state index contributed by atoms with van der Waals surface area (Å²) in [5.41, 5.74) is 8.19. The summed E-state index contributed by atoms with van der Waals surface area (Å²) in [7, 11) is 0. The van der Waals surface area contributed by atoms with Crippen LogP contribution in [0.2, 0.25) is 0 Å². The number of nitrogen functional groups attached to an aromatic ring is 1. The highest BCUT2D eigenvalue weighted by Gasteiger charge is 2.19. The number of rotatable bonds is 1. The Morgan fingerprint density at radius 3 is 2.92 bits per heavy atom. The van der Waals surface area contributed by atoms with Crippen molar-refractivity contribution in [1.29, 1.82) is 0 Å². The van der Waals surface area contributed by atoms with Gasteiger partial charge in [0.1, 0.15) is 0 Å². The van der Waals surface area contributed by atoms with Crippen LogP contribution in [-0.2, 0) is 0 Å². The van der Waals surface area contributed by atoms with Crippen LogP contribution in [0.1, 0.15) is 23.7 Å². The highest BCUT2D eigenvalue weighted by molar-refractivity contribution is 9.10. The summed E-state index contributed by atoms with van der Waals surface area (Å²) in [4.78, 5) is 0. The molecule has 70 valence electrons. The van der Waals surface area contributed by atoms with Gasteiger partial charge < -0.3 is 5.73 Å². The Hall–Kier alpha value is -0.150. The van der Waals surface area contributed by atoms with Crippen molar-refractivity contribution in [2.45, 2.75) is 18.1 Å². The Morgan fingerprint density at radius 2 is 2.31 bits per heavy atom. The van der Waals surface area contributed by atoms with Gasteiger partial charge in [0.25, 0.3) is 0 Å². The number of nitrogens with two attached hydrogens (primary N) is 1. The second-order valence-corrected chi connectivity index (χ2v) is 5.50. The Labute approximate surface area is 91.2 Å². The van der Waals surface area contributed by atoms with Gasteiger partial charge in [-0.1, -0.05) is 22.0 Å². The van der Waals surface area contributed by atoms with E-state index in [1.165, 1.54) is 24.2 Å². The lowest BCUT2D eigenvalue weighted by Gasteiger charge is -2.11. The third kappa shape index (κ3) is 2.02. The van der Waals surface area contributed by atoms with E-state index in [0.717, 1.165) is 10.2 Å². The molecule has 1 unspecified atom stereocenters. The zero-order valence-electron chi connectivity index (χ0n) is 7.29. The van der Waals surface area contributed by atoms with E-state index in [1.54, 1.807) is 0 Å². The van der Waals surface area contributed by atoms with Gasteiger partial charge in [0.05, 0.1) is 0 Å². The van der Waals surface area contributed by atoms with Crippen LogP contribution in [0.4, 0.5) is 5.69 Å². The number of hydrogen-bond donors (Lipinski definition) is 1. The molecule has 0 aromatic heterocycles. The van der Waals surface area contributed by atoms with Gasteiger partial charge in [0.15, 0.2) is 0 Å². The Kier molecular flexibility index (Phi) is 2.84. The van der Waals surface area contributed by atoms with Crippen molar-refractivity contribution in [3.05, 3.63) is 28.2 Å². The van der Waals surface area contributed by atoms with E-state index in [2.05, 4.69) is 28.1 Å². The first-order chi connectivity index (χ1) is 6.27. The van der Waals surface area contributed by atoms with Crippen LogP contribution in [0.5, 0.6) is 0 Å². The molecule has 13 heavy (non-hydrogen) atoms. The molecule has 1 fully saturated rings. The van der Waals surface area contributed by atoms with E-state index in [1.807, 2.05) is 17.8 Å². The predicted octanol–water partition coefficient (Wildman–Crippen LogP) is 3.60. The van der Waals surface area contributed by atoms with Crippen molar-refractivity contribution in [1.82, 2.24) is 0 Å². The topological polar surface area (TPSA) is 26.0 Å². The molecule has 0 saturated carbocycles. The molecule has 1 nitrogen and oxygen atoms in total. The fourth-order valence-electron chi connectivity index (χ4n) is 1.66. The minimum absolute atomic E-state index is 0.632. The molecule has 0 spiro atoms. The highest BCUT2D eigenvalue weighted by atomic mass is 79.9. The van der Waals surface area contributed by atoms with E-state index in [-0.39, 0.29) is 0 Å². The van der Waals surface area contributed by atoms with E-state index in [0.29, 0.717) is 5.25 Å². The average molecular weight is 258 g/mol. The van der Waals surface area contributed by atoms with Gasteiger partial charge in [-0.15, -0.1) is 0 Å². The monoisotopic (exact) mass is 257 g/mol. The maximum atomic E-state index is 5.96. The minimum atomic E-state index is 0.632. The molecule has 1 aliphatic rings. The van der Waals surface area contributed by atoms with Gasteiger partial charge in [0.2, 0.25) is 0 Å². The molecule has 0 amide bonds. The highest BCUT2D eigenvalue weighted by Crippen LogP contribution is 2.42. The summed E-state index contributed by atoms with van der Waals surface area (Å²) < 4.78 is 1.07. The molecule has 0 bridgehead atoms. The van der Waals surface area contributed by atoms with Crippen LogP contribution in [-0.4, -0.2) is 5.75 Å². The van der Waals surface area contributed by atoms with Gasteiger partial charge in [-0.25, -0.2) is 0 Å². The van der Waals surface area contributed by atoms with Crippen molar-refractivity contribution < 1.29 is 0 Å². The molecule has 2 N–H and O–H groups in total. The summed E-state index contributed by atoms with van der Waals surface area (Å²) in [5, 5.41) is 0.632. The Morgan fingerprint density at radius 1 is 1.46 bits per heavy atom. The summed E-state index contributed by atoms with van der Waals surface area (Å²) >= 11 is 5.44. The molecule has 0 aliphatic carbocycles. The van der Waals surface area contributed by atoms with Crippen molar-refractivity contribution in [2.24, 2.45) is 0 Å². The lowest BCUT2D eigenvalue weighted by atomic mass is 10.1. The second-order valence-electron chi connectivity index (χ2n) is 3.27. The Balaban J connectivity index is 2.29. The van der Waals surface area contributed by atoms with Crippen molar-refractivity contribution in [2.75, 3.05) is 11.5 Å². The summed E-state index contributed by atoms with van der Waals surface area (Å²) in [6.45, 7) is 0. The first-order valence-electron chi connectivity index (χ1n) is 4.44. The number of halogens is 1. The van der Waals surface area contributed by atoms with Crippen molar-refractivity contribution in [3.8, 4) is 0 Å². The maximum absolute atomic E-state index is 5.96. The van der Waals surface area contributed by atoms with Crippen LogP contribution in [0.25, 0.3) is 0 Å². The number of thioether (sulfide) groups is 1. The molecule has 1 aromatic carbocycles. The fraction of sp³-hybridized carbons (Fsp3) is 0.400. The van der Waals surface area contributed by atoms with Gasteiger partial charge in [-0.05, 0) is 36.3 Å². The summed E-state index contributed by atoms with van der Waals surface area (Å²) in [6, 6.07) is 6.21. The van der Waals surface area contributed by atoms with E-state index in [4.69, 9.17) is 5.73 Å². The van der Waals surface area contributed by atoms with Gasteiger partial charge >= 0.3 is 0 Å². The van der Waals surface area contributed by atoms with Gasteiger partial charge in [-0.2, -0.15) is 11.8 Å². The van der Waals surface area contributed by atoms with E-state index >= 15 is 0 Å². The summed E-state index contributed by atoms with van der Waals surface area (Å²) in [6.07, 6.45) is 2.60. The maximum Gasteiger partial charge on any atom is 0.0369 e. The molecular weight excluding hydrogens is 246 g/mol. The fourth-order valence-corrected chi connectivity index (χ4v) is 3.39. The first-order valence-corrected chi connectivity index (χ1v) is 6.28. The first kappa shape index (κ1) is 9.41. The summed E-state index contributed by atoms with van der Waals surface area (Å²) in [5.74, 6) is 1.28. The van der Waals surface area contributed by atoms with Gasteiger partial charge in [-0.3, -0.25) is 0 Å². The van der Waals surface area contributed by atoms with Crippen molar-refractivity contribution in [3.63, 3.8) is 0 Å². The van der Waals surface area contributed by atoms with E-state index < -0.39 is 0 Å². The van der Waals surface area contributed by atoms with Crippen LogP contribution in [0.3, 0.4) is 0 Å². The van der Waals surface area contributed by atoms with Crippen LogP contribution in [0, 0.1) is 0 Å². The molecule has 1 saturated heterocycles. The molecule has 1 aromatic rings. The van der Waals surface area contributed by atoms with Crippen LogP contribution in [0.15, 0.2) is 22.7 Å². The number of anilines is 1. The lowest BCUT2D eigenvalue weighted by Crippen LogP contribution is -1.96. The third-order valence-electron chi connectivity index (χ3n) is 2.33. The normalized spacial score (nSPS) is 22.1. The number of benzene rings is 1. The molecule has 2 rings (SSSR count). The zero-order chi connectivity index (χ0) is 9.26. The third-order valence-corrected chi connectivity index (χ3v) is 4.24. The van der Waals surface area contributed by atoms with Crippen LogP contribution >= 0.6 is 27.7 Å². The molecular formula is C10H12BrNS. The quantitative estimate of drug-likeness (QED) is 0.779. The minimum Gasteiger partial charge on any atom is -0.398 e. The van der Waals surface area contributed by atoms with Crippen molar-refractivity contribution >= 4 is 33.4 Å². The predicted molar refractivity (Wildman–Crippen MR) is 63.0 cm³/mol. The second kappa shape index (κ2) is 3.93. The molecule has 1 heterocycles. The van der Waals surface area contributed by atoms with Gasteiger partial charge in [0, 0.05) is 15.4 Å². The van der Waals surface area contributed by atoms with E-state index in [9.17, 15) is 0 Å². The molecule has 0 radical (unpaired) electrons. The lowest BCUT2D eigenvalue weighted by molar-refractivity contribution is 0.831. The smallest absolute Gasteiger partial charge is 0.0369 e. The zero-order valence-corrected chi connectivity index (χ0v) is 9.70.